The molecule has 0 radical (unpaired) electrons. The van der Waals surface area contributed by atoms with Crippen molar-refractivity contribution in [1.82, 2.24) is 10.2 Å². The number of amides is 1. The first-order valence-electron chi connectivity index (χ1n) is 5.96. The van der Waals surface area contributed by atoms with Gasteiger partial charge >= 0.3 is 12.1 Å². The lowest BCUT2D eigenvalue weighted by molar-refractivity contribution is -0.149. The third-order valence-electron chi connectivity index (χ3n) is 2.98. The van der Waals surface area contributed by atoms with E-state index in [0.717, 1.165) is 0 Å². The minimum Gasteiger partial charge on any atom is -0.469 e. The number of nitrogens with one attached hydrogen (secondary N) is 1. The van der Waals surface area contributed by atoms with Crippen molar-refractivity contribution in [2.45, 2.75) is 19.0 Å². The highest BCUT2D eigenvalue weighted by molar-refractivity contribution is 5.79. The highest BCUT2D eigenvalue weighted by atomic mass is 19.4. The maximum atomic E-state index is 11.9. The van der Waals surface area contributed by atoms with Crippen LogP contribution in [0.15, 0.2) is 0 Å². The second-order valence-electron chi connectivity index (χ2n) is 4.40. The number of likely N-dealkylation sites (tertiary alicyclic amines) is 1. The molecule has 1 amide bonds. The van der Waals surface area contributed by atoms with E-state index in [-0.39, 0.29) is 24.3 Å². The molecular weight excluding hydrogens is 265 g/mol. The zero-order valence-electron chi connectivity index (χ0n) is 10.6. The van der Waals surface area contributed by atoms with Crippen molar-refractivity contribution in [2.75, 3.05) is 33.3 Å². The van der Waals surface area contributed by atoms with Crippen molar-refractivity contribution in [2.24, 2.45) is 5.92 Å². The fourth-order valence-electron chi connectivity index (χ4n) is 1.95. The summed E-state index contributed by atoms with van der Waals surface area (Å²) in [5.41, 5.74) is 0. The van der Waals surface area contributed by atoms with Crippen LogP contribution in [-0.4, -0.2) is 56.2 Å². The van der Waals surface area contributed by atoms with Gasteiger partial charge in [-0.2, -0.15) is 13.2 Å². The fourth-order valence-corrected chi connectivity index (χ4v) is 1.95. The second-order valence-corrected chi connectivity index (χ2v) is 4.40. The van der Waals surface area contributed by atoms with Gasteiger partial charge in [-0.05, 0) is 12.8 Å². The van der Waals surface area contributed by atoms with Crippen molar-refractivity contribution in [3.8, 4) is 0 Å². The number of hydrogen-bond donors (Lipinski definition) is 1. The van der Waals surface area contributed by atoms with Gasteiger partial charge in [-0.15, -0.1) is 0 Å². The number of esters is 1. The van der Waals surface area contributed by atoms with Gasteiger partial charge in [-0.1, -0.05) is 0 Å². The van der Waals surface area contributed by atoms with Gasteiger partial charge in [-0.25, -0.2) is 0 Å². The Hall–Kier alpha value is -1.31. The molecular formula is C11H17F3N2O3. The van der Waals surface area contributed by atoms with Crippen LogP contribution in [0.1, 0.15) is 12.8 Å². The summed E-state index contributed by atoms with van der Waals surface area (Å²) in [5.74, 6) is -0.910. The molecule has 0 aromatic heterocycles. The summed E-state index contributed by atoms with van der Waals surface area (Å²) in [6, 6.07) is 0. The van der Waals surface area contributed by atoms with Crippen molar-refractivity contribution >= 4 is 11.9 Å². The number of carbonyl (C=O) groups is 2. The molecule has 1 fully saturated rings. The number of nitrogens with zero attached hydrogens (tertiary/aromatic N) is 1. The summed E-state index contributed by atoms with van der Waals surface area (Å²) in [7, 11) is 1.31. The molecule has 0 spiro atoms. The Morgan fingerprint density at radius 3 is 2.37 bits per heavy atom. The second kappa shape index (κ2) is 6.74. The van der Waals surface area contributed by atoms with Gasteiger partial charge in [0.25, 0.3) is 0 Å². The Kier molecular flexibility index (Phi) is 5.59. The zero-order valence-corrected chi connectivity index (χ0v) is 10.6. The Balaban J connectivity index is 2.27. The van der Waals surface area contributed by atoms with Crippen LogP contribution in [0.2, 0.25) is 0 Å². The maximum absolute atomic E-state index is 11.9. The standard InChI is InChI=1S/C11H17F3N2O3/c1-19-10(18)8-2-4-16(5-3-8)9(17)6-15-7-11(12,13)14/h8,15H,2-7H2,1H3. The Labute approximate surface area is 109 Å². The minimum absolute atomic E-state index is 0.225. The van der Waals surface area contributed by atoms with Gasteiger partial charge in [0.1, 0.15) is 0 Å². The normalized spacial score (nSPS) is 17.4. The quantitative estimate of drug-likeness (QED) is 0.765. The monoisotopic (exact) mass is 282 g/mol. The average Bonchev–Trinajstić information content (AvgIpc) is 2.36. The molecule has 1 N–H and O–H groups in total. The van der Waals surface area contributed by atoms with Gasteiger partial charge in [0.05, 0.1) is 26.1 Å². The lowest BCUT2D eigenvalue weighted by atomic mass is 9.97. The largest absolute Gasteiger partial charge is 0.469 e. The molecule has 1 saturated heterocycles. The van der Waals surface area contributed by atoms with E-state index in [4.69, 9.17) is 0 Å². The number of carbonyl (C=O) groups excluding carboxylic acids is 2. The molecule has 0 unspecified atom stereocenters. The number of rotatable bonds is 4. The molecule has 0 aromatic rings. The molecule has 1 aliphatic rings. The molecule has 0 bridgehead atoms. The zero-order chi connectivity index (χ0) is 14.5. The SMILES string of the molecule is COC(=O)C1CCN(C(=O)CNCC(F)(F)F)CC1. The van der Waals surface area contributed by atoms with E-state index in [2.05, 4.69) is 10.1 Å². The molecule has 1 heterocycles. The van der Waals surface area contributed by atoms with E-state index in [9.17, 15) is 22.8 Å². The first-order chi connectivity index (χ1) is 8.83. The summed E-state index contributed by atoms with van der Waals surface area (Å²) in [6.45, 7) is -0.793. The summed E-state index contributed by atoms with van der Waals surface area (Å²) in [5, 5.41) is 2.06. The van der Waals surface area contributed by atoms with Gasteiger partial charge in [-0.3, -0.25) is 9.59 Å². The predicted octanol–water partition coefficient (Wildman–Crippen LogP) is 0.550. The van der Waals surface area contributed by atoms with Crippen LogP contribution < -0.4 is 5.32 Å². The summed E-state index contributed by atoms with van der Waals surface area (Å²) in [6.07, 6.45) is -3.35. The van der Waals surface area contributed by atoms with Crippen LogP contribution in [0, 0.1) is 5.92 Å². The van der Waals surface area contributed by atoms with Crippen molar-refractivity contribution in [3.63, 3.8) is 0 Å². The van der Waals surface area contributed by atoms with Gasteiger partial charge in [0.2, 0.25) is 5.91 Å². The molecule has 1 rings (SSSR count). The Morgan fingerprint density at radius 1 is 1.32 bits per heavy atom. The van der Waals surface area contributed by atoms with E-state index < -0.39 is 12.7 Å². The molecule has 19 heavy (non-hydrogen) atoms. The van der Waals surface area contributed by atoms with E-state index in [1.54, 1.807) is 0 Å². The van der Waals surface area contributed by atoms with Crippen LogP contribution in [-0.2, 0) is 14.3 Å². The van der Waals surface area contributed by atoms with Gasteiger partial charge in [0, 0.05) is 13.1 Å². The summed E-state index contributed by atoms with van der Waals surface area (Å²) >= 11 is 0. The molecule has 5 nitrogen and oxygen atoms in total. The number of methoxy groups -OCH3 is 1. The molecule has 1 aliphatic heterocycles. The third kappa shape index (κ3) is 5.46. The van der Waals surface area contributed by atoms with Crippen LogP contribution in [0.25, 0.3) is 0 Å². The molecule has 0 atom stereocenters. The number of hydrogen-bond acceptors (Lipinski definition) is 4. The number of piperidine rings is 1. The summed E-state index contributed by atoms with van der Waals surface area (Å²) < 4.78 is 40.3. The minimum atomic E-state index is -4.32. The number of halogens is 3. The molecule has 0 aromatic carbocycles. The van der Waals surface area contributed by atoms with Gasteiger partial charge in [0.15, 0.2) is 0 Å². The van der Waals surface area contributed by atoms with Crippen LogP contribution in [0.5, 0.6) is 0 Å². The highest BCUT2D eigenvalue weighted by Crippen LogP contribution is 2.18. The van der Waals surface area contributed by atoms with Crippen molar-refractivity contribution in [1.29, 1.82) is 0 Å². The average molecular weight is 282 g/mol. The van der Waals surface area contributed by atoms with Crippen LogP contribution in [0.3, 0.4) is 0 Å². The first-order valence-corrected chi connectivity index (χ1v) is 5.96. The highest BCUT2D eigenvalue weighted by Gasteiger charge is 2.29. The first kappa shape index (κ1) is 15.7. The smallest absolute Gasteiger partial charge is 0.401 e. The Bertz CT molecular complexity index is 326. The maximum Gasteiger partial charge on any atom is 0.401 e. The topological polar surface area (TPSA) is 58.6 Å². The molecule has 8 heteroatoms. The van der Waals surface area contributed by atoms with E-state index in [1.165, 1.54) is 12.0 Å². The van der Waals surface area contributed by atoms with E-state index in [0.29, 0.717) is 25.9 Å². The lowest BCUT2D eigenvalue weighted by Gasteiger charge is -2.30. The molecule has 0 saturated carbocycles. The Morgan fingerprint density at radius 2 is 1.89 bits per heavy atom. The van der Waals surface area contributed by atoms with Gasteiger partial charge < -0.3 is 15.0 Å². The third-order valence-corrected chi connectivity index (χ3v) is 2.98. The van der Waals surface area contributed by atoms with E-state index in [1.807, 2.05) is 0 Å². The molecule has 0 aliphatic carbocycles. The van der Waals surface area contributed by atoms with Crippen LogP contribution in [0.4, 0.5) is 13.2 Å². The number of ether oxygens (including phenoxy) is 1. The number of alkyl halides is 3. The van der Waals surface area contributed by atoms with Crippen LogP contribution >= 0.6 is 0 Å². The predicted molar refractivity (Wildman–Crippen MR) is 60.2 cm³/mol. The molecule has 110 valence electrons. The summed E-state index contributed by atoms with van der Waals surface area (Å²) in [4.78, 5) is 24.3. The lowest BCUT2D eigenvalue weighted by Crippen LogP contribution is -2.45. The van der Waals surface area contributed by atoms with Crippen molar-refractivity contribution < 1.29 is 27.5 Å². The van der Waals surface area contributed by atoms with Crippen molar-refractivity contribution in [3.05, 3.63) is 0 Å². The fraction of sp³-hybridized carbons (Fsp3) is 0.818. The van der Waals surface area contributed by atoms with E-state index >= 15 is 0 Å².